The molecule has 0 saturated heterocycles. The van der Waals surface area contributed by atoms with Crippen molar-refractivity contribution in [3.63, 3.8) is 0 Å². The van der Waals surface area contributed by atoms with Crippen molar-refractivity contribution in [3.8, 4) is 11.5 Å². The fraction of sp³-hybridized carbons (Fsp3) is 0.321. The van der Waals surface area contributed by atoms with Gasteiger partial charge >= 0.3 is 0 Å². The van der Waals surface area contributed by atoms with Gasteiger partial charge in [-0.05, 0) is 68.0 Å². The Kier molecular flexibility index (Phi) is 6.24. The number of hydrogen-bond donors (Lipinski definition) is 0. The molecule has 2 unspecified atom stereocenters. The van der Waals surface area contributed by atoms with E-state index in [1.165, 1.54) is 36.0 Å². The highest BCUT2D eigenvalue weighted by atomic mass is 32.2. The molecule has 6 nitrogen and oxygen atoms in total. The molecule has 0 radical (unpaired) electrons. The van der Waals surface area contributed by atoms with Gasteiger partial charge in [-0.25, -0.2) is 12.8 Å². The Bertz CT molecular complexity index is 1440. The maximum absolute atomic E-state index is 14.0. The van der Waals surface area contributed by atoms with Crippen LogP contribution >= 0.6 is 0 Å². The molecule has 3 aromatic rings. The molecule has 3 aromatic carbocycles. The number of aryl methyl sites for hydroxylation is 1. The summed E-state index contributed by atoms with van der Waals surface area (Å²) in [6.45, 7) is 3.21. The molecule has 3 atom stereocenters. The average Bonchev–Trinajstić information content (AvgIpc) is 3.26. The Morgan fingerprint density at radius 1 is 1.06 bits per heavy atom. The number of methoxy groups -OCH3 is 1. The molecule has 0 bridgehead atoms. The van der Waals surface area contributed by atoms with E-state index in [2.05, 4.69) is 12.1 Å². The lowest BCUT2D eigenvalue weighted by atomic mass is 9.85. The summed E-state index contributed by atoms with van der Waals surface area (Å²) in [7, 11) is -2.87. The number of hydrogen-bond acceptors (Lipinski definition) is 5. The molecule has 8 heteroatoms. The zero-order valence-electron chi connectivity index (χ0n) is 20.4. The Hall–Kier alpha value is -3.39. The van der Waals surface area contributed by atoms with Gasteiger partial charge in [0.25, 0.3) is 10.0 Å². The van der Waals surface area contributed by atoms with Crippen LogP contribution < -0.4 is 13.8 Å². The standard InChI is InChI=1S/C28H28FNO5S/c1-17-24(18(2)31)14-20-8-10-21(35-27-13-9-19-6-4-5-7-23(19)27)15-26(20)30(17)36(32,33)22-11-12-25(29)28(16-22)34-3/h4-8,10-12,15-17,24,27H,9,13-14H2,1-3H3/t17-,24?,27?/m1/s1. The summed E-state index contributed by atoms with van der Waals surface area (Å²) in [5.74, 6) is -0.865. The van der Waals surface area contributed by atoms with Crippen molar-refractivity contribution in [1.82, 2.24) is 0 Å². The molecule has 1 heterocycles. The fourth-order valence-electron chi connectivity index (χ4n) is 5.34. The summed E-state index contributed by atoms with van der Waals surface area (Å²) < 4.78 is 54.5. The van der Waals surface area contributed by atoms with Gasteiger partial charge in [-0.1, -0.05) is 30.3 Å². The first-order chi connectivity index (χ1) is 17.2. The second-order valence-electron chi connectivity index (χ2n) is 9.39. The number of Topliss-reactive ketones (excluding diaryl/α,β-unsaturated/α-hetero) is 1. The lowest BCUT2D eigenvalue weighted by Gasteiger charge is -2.40. The highest BCUT2D eigenvalue weighted by molar-refractivity contribution is 7.92. The van der Waals surface area contributed by atoms with E-state index in [1.54, 1.807) is 13.0 Å². The van der Waals surface area contributed by atoms with E-state index in [1.807, 2.05) is 24.3 Å². The number of carbonyl (C=O) groups is 1. The molecule has 2 aliphatic rings. The third-order valence-corrected chi connectivity index (χ3v) is 9.14. The first-order valence-electron chi connectivity index (χ1n) is 12.0. The summed E-state index contributed by atoms with van der Waals surface area (Å²) in [4.78, 5) is 12.4. The van der Waals surface area contributed by atoms with Gasteiger partial charge in [0, 0.05) is 18.1 Å². The number of nitrogens with zero attached hydrogens (tertiary/aromatic N) is 1. The van der Waals surface area contributed by atoms with E-state index in [-0.39, 0.29) is 22.5 Å². The second-order valence-corrected chi connectivity index (χ2v) is 11.2. The molecule has 5 rings (SSSR count). The molecule has 0 fully saturated rings. The molecule has 1 aliphatic heterocycles. The van der Waals surface area contributed by atoms with Gasteiger partial charge in [0.05, 0.1) is 23.7 Å². The van der Waals surface area contributed by atoms with Gasteiger partial charge in [0.2, 0.25) is 0 Å². The van der Waals surface area contributed by atoms with Gasteiger partial charge in [-0.15, -0.1) is 0 Å². The molecule has 0 saturated carbocycles. The Morgan fingerprint density at radius 2 is 1.83 bits per heavy atom. The first kappa shape index (κ1) is 24.3. The quantitative estimate of drug-likeness (QED) is 0.454. The van der Waals surface area contributed by atoms with Crippen LogP contribution in [-0.4, -0.2) is 27.4 Å². The number of anilines is 1. The Labute approximate surface area is 210 Å². The molecule has 36 heavy (non-hydrogen) atoms. The Balaban J connectivity index is 1.57. The van der Waals surface area contributed by atoms with Crippen molar-refractivity contribution < 1.29 is 27.1 Å². The topological polar surface area (TPSA) is 72.9 Å². The largest absolute Gasteiger partial charge is 0.494 e. The van der Waals surface area contributed by atoms with Gasteiger partial charge in [-0.3, -0.25) is 9.10 Å². The van der Waals surface area contributed by atoms with Crippen LogP contribution in [0.4, 0.5) is 10.1 Å². The third kappa shape index (κ3) is 4.13. The van der Waals surface area contributed by atoms with Crippen molar-refractivity contribution in [2.24, 2.45) is 5.92 Å². The SMILES string of the molecule is COc1cc(S(=O)(=O)N2c3cc(OC4CCc5ccccc54)ccc3CC(C(C)=O)[C@H]2C)ccc1F. The minimum absolute atomic E-state index is 0.0899. The number of carbonyl (C=O) groups excluding carboxylic acids is 1. The van der Waals surface area contributed by atoms with Crippen molar-refractivity contribution in [3.05, 3.63) is 83.2 Å². The number of ether oxygens (including phenoxy) is 2. The maximum Gasteiger partial charge on any atom is 0.264 e. The van der Waals surface area contributed by atoms with Crippen molar-refractivity contribution >= 4 is 21.5 Å². The lowest BCUT2D eigenvalue weighted by molar-refractivity contribution is -0.121. The van der Waals surface area contributed by atoms with Crippen molar-refractivity contribution in [2.75, 3.05) is 11.4 Å². The smallest absolute Gasteiger partial charge is 0.264 e. The van der Waals surface area contributed by atoms with E-state index in [0.29, 0.717) is 17.9 Å². The van der Waals surface area contributed by atoms with Crippen molar-refractivity contribution in [1.29, 1.82) is 0 Å². The van der Waals surface area contributed by atoms with E-state index in [0.717, 1.165) is 30.0 Å². The molecule has 1 aliphatic carbocycles. The number of benzene rings is 3. The van der Waals surface area contributed by atoms with Crippen LogP contribution in [0.3, 0.4) is 0 Å². The minimum atomic E-state index is -4.15. The van der Waals surface area contributed by atoms with E-state index in [9.17, 15) is 17.6 Å². The average molecular weight is 510 g/mol. The molecular weight excluding hydrogens is 481 g/mol. The van der Waals surface area contributed by atoms with E-state index < -0.39 is 27.8 Å². The van der Waals surface area contributed by atoms with Crippen LogP contribution in [0.5, 0.6) is 11.5 Å². The summed E-state index contributed by atoms with van der Waals surface area (Å²) in [6.07, 6.45) is 2.08. The first-order valence-corrected chi connectivity index (χ1v) is 13.4. The normalized spacial score (nSPS) is 21.0. The molecule has 0 aromatic heterocycles. The summed E-state index contributed by atoms with van der Waals surface area (Å²) in [6, 6.07) is 16.4. The molecule has 0 N–H and O–H groups in total. The number of fused-ring (bicyclic) bond motifs is 2. The zero-order valence-corrected chi connectivity index (χ0v) is 21.2. The van der Waals surface area contributed by atoms with Crippen molar-refractivity contribution in [2.45, 2.75) is 50.2 Å². The van der Waals surface area contributed by atoms with Crippen LogP contribution in [0.25, 0.3) is 0 Å². The lowest BCUT2D eigenvalue weighted by Crippen LogP contribution is -2.49. The number of sulfonamides is 1. The predicted molar refractivity (Wildman–Crippen MR) is 135 cm³/mol. The van der Waals surface area contributed by atoms with Gasteiger partial charge in [0.15, 0.2) is 11.6 Å². The van der Waals surface area contributed by atoms with Gasteiger partial charge in [-0.2, -0.15) is 0 Å². The van der Waals surface area contributed by atoms with Gasteiger partial charge < -0.3 is 9.47 Å². The maximum atomic E-state index is 14.0. The fourth-order valence-corrected chi connectivity index (χ4v) is 7.07. The summed E-state index contributed by atoms with van der Waals surface area (Å²) in [5, 5.41) is 0. The highest BCUT2D eigenvalue weighted by Crippen LogP contribution is 2.42. The minimum Gasteiger partial charge on any atom is -0.494 e. The van der Waals surface area contributed by atoms with Crippen LogP contribution in [0.15, 0.2) is 65.6 Å². The summed E-state index contributed by atoms with van der Waals surface area (Å²) in [5.41, 5.74) is 3.60. The van der Waals surface area contributed by atoms with Crippen LogP contribution in [-0.2, 0) is 27.7 Å². The molecule has 0 amide bonds. The second kappa shape index (κ2) is 9.24. The van der Waals surface area contributed by atoms with Crippen LogP contribution in [0.1, 0.15) is 43.1 Å². The van der Waals surface area contributed by atoms with Crippen LogP contribution in [0.2, 0.25) is 0 Å². The van der Waals surface area contributed by atoms with Crippen LogP contribution in [0, 0.1) is 11.7 Å². The number of halogens is 1. The molecule has 188 valence electrons. The van der Waals surface area contributed by atoms with E-state index >= 15 is 0 Å². The highest BCUT2D eigenvalue weighted by Gasteiger charge is 2.41. The monoisotopic (exact) mass is 509 g/mol. The zero-order chi connectivity index (χ0) is 25.6. The van der Waals surface area contributed by atoms with Gasteiger partial charge in [0.1, 0.15) is 17.6 Å². The Morgan fingerprint density at radius 3 is 2.58 bits per heavy atom. The number of rotatable bonds is 6. The molecule has 0 spiro atoms. The number of ketones is 1. The predicted octanol–water partition coefficient (Wildman–Crippen LogP) is 5.25. The van der Waals surface area contributed by atoms with E-state index in [4.69, 9.17) is 9.47 Å². The molecular formula is C28H28FNO5S. The summed E-state index contributed by atoms with van der Waals surface area (Å²) >= 11 is 0. The third-order valence-electron chi connectivity index (χ3n) is 7.24.